The maximum absolute atomic E-state index is 11.0. The first-order chi connectivity index (χ1) is 7.79. The number of carbonyl (C=O) groups is 1. The summed E-state index contributed by atoms with van der Waals surface area (Å²) in [6, 6.07) is -0.765. The van der Waals surface area contributed by atoms with Crippen molar-refractivity contribution in [3.63, 3.8) is 0 Å². The number of hydrogen-bond acceptors (Lipinski definition) is 6. The van der Waals surface area contributed by atoms with Crippen LogP contribution in [0.5, 0.6) is 0 Å². The lowest BCUT2D eigenvalue weighted by Gasteiger charge is -2.21. The van der Waals surface area contributed by atoms with Gasteiger partial charge < -0.3 is 14.9 Å². The second-order valence-corrected chi connectivity index (χ2v) is 5.73. The number of amides is 1. The summed E-state index contributed by atoms with van der Waals surface area (Å²) >= 11 is 0. The molecule has 2 aliphatic rings. The van der Waals surface area contributed by atoms with Crippen molar-refractivity contribution < 1.29 is 32.3 Å². The van der Waals surface area contributed by atoms with Crippen LogP contribution in [0, 0.1) is 0 Å². The van der Waals surface area contributed by atoms with Gasteiger partial charge in [0.1, 0.15) is 18.3 Å². The number of hydrogen-bond donors (Lipinski definition) is 2. The van der Waals surface area contributed by atoms with Crippen molar-refractivity contribution in [1.82, 2.24) is 4.90 Å². The molecule has 2 aliphatic heterocycles. The molecule has 0 bridgehead atoms. The van der Waals surface area contributed by atoms with Gasteiger partial charge in [-0.1, -0.05) is 0 Å². The molecule has 2 heterocycles. The molecule has 4 unspecified atom stereocenters. The molecule has 0 aromatic heterocycles. The molecule has 0 aliphatic carbocycles. The van der Waals surface area contributed by atoms with Crippen LogP contribution in [-0.2, 0) is 19.0 Å². The minimum absolute atomic E-state index is 0.0251. The highest BCUT2D eigenvalue weighted by Gasteiger charge is 2.53. The first-order valence-electron chi connectivity index (χ1n) is 4.97. The van der Waals surface area contributed by atoms with E-state index in [-0.39, 0.29) is 13.2 Å². The minimum atomic E-state index is -3.69. The Hall–Kier alpha value is -0.900. The van der Waals surface area contributed by atoms with E-state index in [0.29, 0.717) is 0 Å². The van der Waals surface area contributed by atoms with Crippen LogP contribution >= 0.6 is 0 Å². The molecule has 0 spiro atoms. The molecule has 9 heteroatoms. The Morgan fingerprint density at radius 1 is 1.53 bits per heavy atom. The van der Waals surface area contributed by atoms with E-state index in [4.69, 9.17) is 14.0 Å². The van der Waals surface area contributed by atoms with Gasteiger partial charge in [0.2, 0.25) is 0 Å². The SMILES string of the molecule is CS(=O)(=O)OC1CN(C(=O)O)C2C(O)COC12. The quantitative estimate of drug-likeness (QED) is 0.582. The lowest BCUT2D eigenvalue weighted by atomic mass is 10.1. The molecule has 2 fully saturated rings. The first kappa shape index (κ1) is 12.6. The number of ether oxygens (including phenoxy) is 1. The number of aliphatic hydroxyl groups is 1. The van der Waals surface area contributed by atoms with Crippen molar-refractivity contribution in [2.75, 3.05) is 19.4 Å². The zero-order chi connectivity index (χ0) is 12.8. The van der Waals surface area contributed by atoms with Crippen LogP contribution in [0.25, 0.3) is 0 Å². The van der Waals surface area contributed by atoms with Crippen LogP contribution in [-0.4, -0.2) is 73.4 Å². The molecule has 2 N–H and O–H groups in total. The fraction of sp³-hybridized carbons (Fsp3) is 0.875. The van der Waals surface area contributed by atoms with E-state index in [0.717, 1.165) is 11.2 Å². The Morgan fingerprint density at radius 2 is 2.18 bits per heavy atom. The summed E-state index contributed by atoms with van der Waals surface area (Å²) in [5, 5.41) is 18.5. The molecule has 2 saturated heterocycles. The largest absolute Gasteiger partial charge is 0.465 e. The Morgan fingerprint density at radius 3 is 2.71 bits per heavy atom. The van der Waals surface area contributed by atoms with Crippen LogP contribution in [0.2, 0.25) is 0 Å². The first-order valence-corrected chi connectivity index (χ1v) is 6.79. The zero-order valence-corrected chi connectivity index (χ0v) is 9.83. The lowest BCUT2D eigenvalue weighted by Crippen LogP contribution is -2.43. The Bertz CT molecular complexity index is 422. The molecule has 1 amide bonds. The highest BCUT2D eigenvalue weighted by atomic mass is 32.2. The molecular weight excluding hydrogens is 254 g/mol. The zero-order valence-electron chi connectivity index (χ0n) is 9.01. The molecule has 0 aromatic carbocycles. The van der Waals surface area contributed by atoms with E-state index >= 15 is 0 Å². The summed E-state index contributed by atoms with van der Waals surface area (Å²) in [6.45, 7) is -0.155. The van der Waals surface area contributed by atoms with Gasteiger partial charge in [-0.05, 0) is 0 Å². The van der Waals surface area contributed by atoms with Gasteiger partial charge in [0.25, 0.3) is 10.1 Å². The van der Waals surface area contributed by atoms with E-state index in [2.05, 4.69) is 0 Å². The van der Waals surface area contributed by atoms with E-state index in [9.17, 15) is 18.3 Å². The molecule has 8 nitrogen and oxygen atoms in total. The van der Waals surface area contributed by atoms with Crippen molar-refractivity contribution in [2.24, 2.45) is 0 Å². The summed E-state index contributed by atoms with van der Waals surface area (Å²) < 4.78 is 32.0. The van der Waals surface area contributed by atoms with Crippen LogP contribution in [0.15, 0.2) is 0 Å². The Balaban J connectivity index is 2.19. The van der Waals surface area contributed by atoms with Crippen LogP contribution < -0.4 is 0 Å². The topological polar surface area (TPSA) is 113 Å². The molecule has 4 atom stereocenters. The minimum Gasteiger partial charge on any atom is -0.465 e. The normalized spacial score (nSPS) is 37.2. The van der Waals surface area contributed by atoms with Gasteiger partial charge in [-0.3, -0.25) is 9.08 Å². The third-order valence-electron chi connectivity index (χ3n) is 2.84. The van der Waals surface area contributed by atoms with E-state index < -0.39 is 40.6 Å². The predicted molar refractivity (Wildman–Crippen MR) is 54.0 cm³/mol. The van der Waals surface area contributed by atoms with Crippen LogP contribution in [0.4, 0.5) is 4.79 Å². The fourth-order valence-electron chi connectivity index (χ4n) is 2.27. The maximum Gasteiger partial charge on any atom is 0.407 e. The number of rotatable bonds is 2. The van der Waals surface area contributed by atoms with Crippen molar-refractivity contribution in [1.29, 1.82) is 0 Å². The van der Waals surface area contributed by atoms with Crippen LogP contribution in [0.3, 0.4) is 0 Å². The monoisotopic (exact) mass is 267 g/mol. The summed E-state index contributed by atoms with van der Waals surface area (Å²) in [4.78, 5) is 11.9. The molecule has 0 aromatic rings. The summed E-state index contributed by atoms with van der Waals surface area (Å²) in [7, 11) is -3.69. The Labute approximate surface area is 97.9 Å². The molecule has 0 saturated carbocycles. The van der Waals surface area contributed by atoms with Gasteiger partial charge >= 0.3 is 6.09 Å². The van der Waals surface area contributed by atoms with E-state index in [1.165, 1.54) is 0 Å². The van der Waals surface area contributed by atoms with E-state index in [1.807, 2.05) is 0 Å². The van der Waals surface area contributed by atoms with E-state index in [1.54, 1.807) is 0 Å². The smallest absolute Gasteiger partial charge is 0.407 e. The Kier molecular flexibility index (Phi) is 3.02. The molecule has 2 rings (SSSR count). The van der Waals surface area contributed by atoms with Crippen molar-refractivity contribution in [3.05, 3.63) is 0 Å². The van der Waals surface area contributed by atoms with Gasteiger partial charge in [-0.2, -0.15) is 8.42 Å². The molecule has 17 heavy (non-hydrogen) atoms. The van der Waals surface area contributed by atoms with Crippen molar-refractivity contribution >= 4 is 16.2 Å². The number of fused-ring (bicyclic) bond motifs is 1. The van der Waals surface area contributed by atoms with Gasteiger partial charge in [-0.25, -0.2) is 4.79 Å². The summed E-state index contributed by atoms with van der Waals surface area (Å²) in [6.07, 6.45) is -2.94. The second-order valence-electron chi connectivity index (χ2n) is 4.13. The van der Waals surface area contributed by atoms with Gasteiger partial charge in [0.15, 0.2) is 0 Å². The number of carboxylic acid groups (broad SMARTS) is 1. The lowest BCUT2D eigenvalue weighted by molar-refractivity contribution is 0.0272. The van der Waals surface area contributed by atoms with Gasteiger partial charge in [-0.15, -0.1) is 0 Å². The molecule has 98 valence electrons. The van der Waals surface area contributed by atoms with Gasteiger partial charge in [0.05, 0.1) is 25.4 Å². The number of aliphatic hydroxyl groups excluding tert-OH is 1. The van der Waals surface area contributed by atoms with Gasteiger partial charge in [0, 0.05) is 0 Å². The van der Waals surface area contributed by atoms with Crippen LogP contribution in [0.1, 0.15) is 0 Å². The third-order valence-corrected chi connectivity index (χ3v) is 3.43. The number of nitrogens with zero attached hydrogens (tertiary/aromatic N) is 1. The third kappa shape index (κ3) is 2.37. The summed E-state index contributed by atoms with van der Waals surface area (Å²) in [5.74, 6) is 0. The fourth-order valence-corrected chi connectivity index (χ4v) is 2.89. The highest BCUT2D eigenvalue weighted by molar-refractivity contribution is 7.86. The highest BCUT2D eigenvalue weighted by Crippen LogP contribution is 2.32. The average Bonchev–Trinajstić information content (AvgIpc) is 2.67. The van der Waals surface area contributed by atoms with Crippen molar-refractivity contribution in [3.8, 4) is 0 Å². The standard InChI is InChI=1S/C8H13NO7S/c1-17(13,14)16-5-2-9(8(11)12)6-4(10)3-15-7(5)6/h4-7,10H,2-3H2,1H3,(H,11,12). The second kappa shape index (κ2) is 4.09. The van der Waals surface area contributed by atoms with Crippen molar-refractivity contribution in [2.45, 2.75) is 24.4 Å². The average molecular weight is 267 g/mol. The predicted octanol–water partition coefficient (Wildman–Crippen LogP) is -1.55. The maximum atomic E-state index is 11.0. The molecule has 0 radical (unpaired) electrons. The number of likely N-dealkylation sites (tertiary alicyclic amines) is 1. The molecular formula is C8H13NO7S. The summed E-state index contributed by atoms with van der Waals surface area (Å²) in [5.41, 5.74) is 0.